The maximum atomic E-state index is 11.5. The summed E-state index contributed by atoms with van der Waals surface area (Å²) >= 11 is 6.02. The minimum absolute atomic E-state index is 0.0334. The van der Waals surface area contributed by atoms with E-state index >= 15 is 0 Å². The average Bonchev–Trinajstić information content (AvgIpc) is 2.35. The van der Waals surface area contributed by atoms with Gasteiger partial charge in [-0.15, -0.1) is 0 Å². The zero-order valence-corrected chi connectivity index (χ0v) is 12.0. The number of ether oxygens (including phenoxy) is 2. The van der Waals surface area contributed by atoms with Crippen molar-refractivity contribution >= 4 is 17.6 Å². The first-order valence-electron chi connectivity index (χ1n) is 5.89. The van der Waals surface area contributed by atoms with Crippen molar-refractivity contribution in [2.75, 3.05) is 14.2 Å². The van der Waals surface area contributed by atoms with Gasteiger partial charge in [0.25, 0.3) is 0 Å². The van der Waals surface area contributed by atoms with Gasteiger partial charge in [0.15, 0.2) is 0 Å². The zero-order valence-electron chi connectivity index (χ0n) is 11.2. The highest BCUT2D eigenvalue weighted by molar-refractivity contribution is 6.30. The van der Waals surface area contributed by atoms with Crippen molar-refractivity contribution < 1.29 is 14.3 Å². The Bertz CT molecular complexity index is 416. The number of hydrogen-bond donors (Lipinski definition) is 0. The standard InChI is InChI=1S/C14H19ClO3/c1-9(2)11(8-14(16)18-4)12-7-10(15)5-6-13(12)17-3/h5-7,9,11H,8H2,1-4H3. The smallest absolute Gasteiger partial charge is 0.306 e. The normalized spacial score (nSPS) is 12.3. The van der Waals surface area contributed by atoms with E-state index in [0.717, 1.165) is 11.3 Å². The Hall–Kier alpha value is -1.22. The van der Waals surface area contributed by atoms with Crippen molar-refractivity contribution in [3.05, 3.63) is 28.8 Å². The molecule has 0 aromatic heterocycles. The first-order valence-corrected chi connectivity index (χ1v) is 6.27. The van der Waals surface area contributed by atoms with Crippen LogP contribution in [0.15, 0.2) is 18.2 Å². The summed E-state index contributed by atoms with van der Waals surface area (Å²) in [6.45, 7) is 4.13. The molecular weight excluding hydrogens is 252 g/mol. The van der Waals surface area contributed by atoms with Crippen LogP contribution < -0.4 is 4.74 Å². The topological polar surface area (TPSA) is 35.5 Å². The molecule has 1 aromatic rings. The van der Waals surface area contributed by atoms with Crippen LogP contribution in [0.3, 0.4) is 0 Å². The molecule has 0 aliphatic rings. The minimum atomic E-state index is -0.226. The Labute approximate surface area is 113 Å². The molecule has 0 saturated heterocycles. The molecule has 18 heavy (non-hydrogen) atoms. The molecule has 100 valence electrons. The summed E-state index contributed by atoms with van der Waals surface area (Å²) < 4.78 is 10.1. The number of esters is 1. The molecule has 0 heterocycles. The summed E-state index contributed by atoms with van der Waals surface area (Å²) in [5, 5.41) is 0.640. The van der Waals surface area contributed by atoms with Crippen LogP contribution in [0, 0.1) is 5.92 Å². The van der Waals surface area contributed by atoms with Gasteiger partial charge in [-0.3, -0.25) is 4.79 Å². The number of carbonyl (C=O) groups excluding carboxylic acids is 1. The largest absolute Gasteiger partial charge is 0.496 e. The van der Waals surface area contributed by atoms with Crippen LogP contribution in [0.1, 0.15) is 31.7 Å². The van der Waals surface area contributed by atoms with E-state index in [1.54, 1.807) is 13.2 Å². The van der Waals surface area contributed by atoms with Gasteiger partial charge in [-0.2, -0.15) is 0 Å². The highest BCUT2D eigenvalue weighted by atomic mass is 35.5. The van der Waals surface area contributed by atoms with Crippen LogP contribution >= 0.6 is 11.6 Å². The number of methoxy groups -OCH3 is 2. The van der Waals surface area contributed by atoms with E-state index in [0.29, 0.717) is 11.4 Å². The molecule has 0 bridgehead atoms. The number of benzene rings is 1. The lowest BCUT2D eigenvalue weighted by atomic mass is 9.85. The third kappa shape index (κ3) is 3.64. The molecular formula is C14H19ClO3. The fourth-order valence-corrected chi connectivity index (χ4v) is 2.14. The van der Waals surface area contributed by atoms with Crippen LogP contribution in [-0.4, -0.2) is 20.2 Å². The molecule has 0 fully saturated rings. The van der Waals surface area contributed by atoms with Gasteiger partial charge < -0.3 is 9.47 Å². The molecule has 1 unspecified atom stereocenters. The Balaban J connectivity index is 3.12. The summed E-state index contributed by atoms with van der Waals surface area (Å²) in [6, 6.07) is 5.46. The SMILES string of the molecule is COC(=O)CC(c1cc(Cl)ccc1OC)C(C)C. The van der Waals surface area contributed by atoms with E-state index < -0.39 is 0 Å². The Kier molecular flexibility index (Phi) is 5.48. The van der Waals surface area contributed by atoms with Crippen molar-refractivity contribution in [3.8, 4) is 5.75 Å². The van der Waals surface area contributed by atoms with Gasteiger partial charge in [-0.05, 0) is 29.7 Å². The second kappa shape index (κ2) is 6.64. The van der Waals surface area contributed by atoms with Crippen molar-refractivity contribution in [2.24, 2.45) is 5.92 Å². The quantitative estimate of drug-likeness (QED) is 0.766. The van der Waals surface area contributed by atoms with Gasteiger partial charge in [0, 0.05) is 10.9 Å². The van der Waals surface area contributed by atoms with Crippen molar-refractivity contribution in [3.63, 3.8) is 0 Å². The highest BCUT2D eigenvalue weighted by Crippen LogP contribution is 2.36. The first-order chi connectivity index (χ1) is 8.49. The molecule has 1 aromatic carbocycles. The third-order valence-electron chi connectivity index (χ3n) is 3.01. The third-order valence-corrected chi connectivity index (χ3v) is 3.25. The van der Waals surface area contributed by atoms with Gasteiger partial charge >= 0.3 is 5.97 Å². The second-order valence-electron chi connectivity index (χ2n) is 4.52. The molecule has 0 N–H and O–H groups in total. The van der Waals surface area contributed by atoms with Crippen molar-refractivity contribution in [1.82, 2.24) is 0 Å². The number of halogens is 1. The van der Waals surface area contributed by atoms with Crippen LogP contribution in [0.4, 0.5) is 0 Å². The maximum absolute atomic E-state index is 11.5. The molecule has 1 atom stereocenters. The van der Waals surface area contributed by atoms with E-state index in [4.69, 9.17) is 21.1 Å². The van der Waals surface area contributed by atoms with Crippen LogP contribution in [-0.2, 0) is 9.53 Å². The molecule has 0 radical (unpaired) electrons. The van der Waals surface area contributed by atoms with E-state index in [1.165, 1.54) is 7.11 Å². The predicted molar refractivity (Wildman–Crippen MR) is 72.2 cm³/mol. The van der Waals surface area contributed by atoms with Gasteiger partial charge in [-0.25, -0.2) is 0 Å². The lowest BCUT2D eigenvalue weighted by Crippen LogP contribution is -2.14. The number of rotatable bonds is 5. The lowest BCUT2D eigenvalue weighted by Gasteiger charge is -2.22. The van der Waals surface area contributed by atoms with E-state index in [1.807, 2.05) is 12.1 Å². The van der Waals surface area contributed by atoms with Gasteiger partial charge in [0.1, 0.15) is 5.75 Å². The molecule has 0 saturated carbocycles. The number of carbonyl (C=O) groups is 1. The van der Waals surface area contributed by atoms with E-state index in [-0.39, 0.29) is 17.8 Å². The molecule has 4 heteroatoms. The zero-order chi connectivity index (χ0) is 13.7. The summed E-state index contributed by atoms with van der Waals surface area (Å²) in [5.74, 6) is 0.847. The second-order valence-corrected chi connectivity index (χ2v) is 4.95. The molecule has 0 amide bonds. The first kappa shape index (κ1) is 14.8. The predicted octanol–water partition coefficient (Wildman–Crippen LogP) is 3.65. The fourth-order valence-electron chi connectivity index (χ4n) is 1.96. The van der Waals surface area contributed by atoms with Crippen molar-refractivity contribution in [1.29, 1.82) is 0 Å². The van der Waals surface area contributed by atoms with Crippen LogP contribution in [0.2, 0.25) is 5.02 Å². The molecule has 0 aliphatic heterocycles. The van der Waals surface area contributed by atoms with Crippen molar-refractivity contribution in [2.45, 2.75) is 26.2 Å². The summed E-state index contributed by atoms with van der Waals surface area (Å²) in [5.41, 5.74) is 0.949. The number of hydrogen-bond acceptors (Lipinski definition) is 3. The van der Waals surface area contributed by atoms with Crippen LogP contribution in [0.25, 0.3) is 0 Å². The molecule has 1 rings (SSSR count). The Morgan fingerprint density at radius 2 is 2.00 bits per heavy atom. The molecule has 3 nitrogen and oxygen atoms in total. The molecule has 0 aliphatic carbocycles. The summed E-state index contributed by atoms with van der Waals surface area (Å²) in [6.07, 6.45) is 0.324. The monoisotopic (exact) mass is 270 g/mol. The summed E-state index contributed by atoms with van der Waals surface area (Å²) in [7, 11) is 3.01. The maximum Gasteiger partial charge on any atom is 0.306 e. The fraction of sp³-hybridized carbons (Fsp3) is 0.500. The van der Waals surface area contributed by atoms with Gasteiger partial charge in [-0.1, -0.05) is 25.4 Å². The van der Waals surface area contributed by atoms with E-state index in [2.05, 4.69) is 13.8 Å². The molecule has 0 spiro atoms. The average molecular weight is 271 g/mol. The highest BCUT2D eigenvalue weighted by Gasteiger charge is 2.23. The minimum Gasteiger partial charge on any atom is -0.496 e. The lowest BCUT2D eigenvalue weighted by molar-refractivity contribution is -0.141. The summed E-state index contributed by atoms with van der Waals surface area (Å²) in [4.78, 5) is 11.5. The Morgan fingerprint density at radius 3 is 2.50 bits per heavy atom. The van der Waals surface area contributed by atoms with Gasteiger partial charge in [0.05, 0.1) is 20.6 Å². The van der Waals surface area contributed by atoms with Gasteiger partial charge in [0.2, 0.25) is 0 Å². The van der Waals surface area contributed by atoms with Crippen LogP contribution in [0.5, 0.6) is 5.75 Å². The Morgan fingerprint density at radius 1 is 1.33 bits per heavy atom. The van der Waals surface area contributed by atoms with E-state index in [9.17, 15) is 4.79 Å².